The van der Waals surface area contributed by atoms with E-state index in [2.05, 4.69) is 11.6 Å². The van der Waals surface area contributed by atoms with Gasteiger partial charge in [0.05, 0.1) is 31.0 Å². The number of allylic oxidation sites excluding steroid dienone is 1. The van der Waals surface area contributed by atoms with E-state index in [4.69, 9.17) is 14.2 Å². The zero-order chi connectivity index (χ0) is 17.6. The maximum absolute atomic E-state index is 12.1. The van der Waals surface area contributed by atoms with E-state index in [9.17, 15) is 14.4 Å². The first-order valence-electron chi connectivity index (χ1n) is 7.23. The van der Waals surface area contributed by atoms with Crippen molar-refractivity contribution in [2.45, 2.75) is 34.1 Å². The van der Waals surface area contributed by atoms with E-state index in [1.54, 1.807) is 20.8 Å². The van der Waals surface area contributed by atoms with Gasteiger partial charge in [-0.25, -0.2) is 9.59 Å². The Morgan fingerprint density at radius 3 is 2.22 bits per heavy atom. The highest BCUT2D eigenvalue weighted by molar-refractivity contribution is 5.99. The molecule has 7 heteroatoms. The molecule has 23 heavy (non-hydrogen) atoms. The molecule has 0 radical (unpaired) electrons. The molecule has 0 saturated carbocycles. The second-order valence-corrected chi connectivity index (χ2v) is 4.77. The van der Waals surface area contributed by atoms with Gasteiger partial charge in [0.25, 0.3) is 0 Å². The first-order valence-corrected chi connectivity index (χ1v) is 7.23. The molecule has 7 nitrogen and oxygen atoms in total. The maximum atomic E-state index is 12.1. The number of hydrogen-bond donors (Lipinski definition) is 1. The summed E-state index contributed by atoms with van der Waals surface area (Å²) < 4.78 is 14.8. The normalized spacial score (nSPS) is 10.1. The molecule has 0 fully saturated rings. The van der Waals surface area contributed by atoms with Crippen LogP contribution in [0.4, 0.5) is 0 Å². The predicted octanol–water partition coefficient (Wildman–Crippen LogP) is 2.30. The van der Waals surface area contributed by atoms with Crippen molar-refractivity contribution in [1.29, 1.82) is 0 Å². The lowest BCUT2D eigenvalue weighted by molar-refractivity contribution is -0.142. The Morgan fingerprint density at radius 2 is 1.70 bits per heavy atom. The van der Waals surface area contributed by atoms with Crippen LogP contribution in [0.15, 0.2) is 12.3 Å². The third-order valence-electron chi connectivity index (χ3n) is 2.90. The van der Waals surface area contributed by atoms with Crippen LogP contribution in [-0.2, 0) is 25.4 Å². The Balaban J connectivity index is 3.25. The van der Waals surface area contributed by atoms with Crippen LogP contribution >= 0.6 is 0 Å². The number of ether oxygens (including phenoxy) is 3. The van der Waals surface area contributed by atoms with Crippen molar-refractivity contribution >= 4 is 17.9 Å². The average Bonchev–Trinajstić information content (AvgIpc) is 2.75. The minimum atomic E-state index is -0.685. The Hall–Kier alpha value is -2.57. The van der Waals surface area contributed by atoms with Crippen LogP contribution in [0.2, 0.25) is 0 Å². The summed E-state index contributed by atoms with van der Waals surface area (Å²) in [5, 5.41) is 0. The molecule has 1 N–H and O–H groups in total. The zero-order valence-electron chi connectivity index (χ0n) is 13.8. The Kier molecular flexibility index (Phi) is 6.56. The summed E-state index contributed by atoms with van der Waals surface area (Å²) in [7, 11) is 0. The standard InChI is InChI=1S/C16H21NO6/c1-6-21-12(18)8-11-13(15(19)22-7-2)10(5)14(17-11)16(20)23-9(3)4/h17H,3,6-8H2,1-2,4-5H3. The van der Waals surface area contributed by atoms with Crippen molar-refractivity contribution in [2.24, 2.45) is 0 Å². The molecule has 0 amide bonds. The molecule has 0 aliphatic heterocycles. The number of nitrogens with one attached hydrogen (secondary N) is 1. The van der Waals surface area contributed by atoms with Gasteiger partial charge in [0.1, 0.15) is 5.69 Å². The molecular formula is C16H21NO6. The van der Waals surface area contributed by atoms with Gasteiger partial charge in [0.15, 0.2) is 0 Å². The van der Waals surface area contributed by atoms with Crippen molar-refractivity contribution in [3.63, 3.8) is 0 Å². The van der Waals surface area contributed by atoms with E-state index >= 15 is 0 Å². The molecule has 0 aliphatic rings. The molecule has 0 aliphatic carbocycles. The van der Waals surface area contributed by atoms with Crippen molar-refractivity contribution in [3.8, 4) is 0 Å². The second kappa shape index (κ2) is 8.17. The highest BCUT2D eigenvalue weighted by atomic mass is 16.5. The van der Waals surface area contributed by atoms with E-state index in [1.807, 2.05) is 0 Å². The fourth-order valence-corrected chi connectivity index (χ4v) is 2.04. The smallest absolute Gasteiger partial charge is 0.360 e. The number of H-pyrrole nitrogens is 1. The molecule has 1 aromatic rings. The summed E-state index contributed by atoms with van der Waals surface area (Å²) in [6.45, 7) is 10.3. The second-order valence-electron chi connectivity index (χ2n) is 4.77. The summed E-state index contributed by atoms with van der Waals surface area (Å²) >= 11 is 0. The number of carbonyl (C=O) groups excluding carboxylic acids is 3. The summed E-state index contributed by atoms with van der Waals surface area (Å²) in [4.78, 5) is 38.6. The highest BCUT2D eigenvalue weighted by Gasteiger charge is 2.27. The molecule has 0 spiro atoms. The Labute approximate surface area is 134 Å². The van der Waals surface area contributed by atoms with E-state index in [0.717, 1.165) is 0 Å². The molecule has 126 valence electrons. The minimum Gasteiger partial charge on any atom is -0.466 e. The Morgan fingerprint density at radius 1 is 1.09 bits per heavy atom. The maximum Gasteiger partial charge on any atom is 0.360 e. The van der Waals surface area contributed by atoms with E-state index < -0.39 is 17.9 Å². The fourth-order valence-electron chi connectivity index (χ4n) is 2.04. The number of esters is 3. The predicted molar refractivity (Wildman–Crippen MR) is 82.1 cm³/mol. The monoisotopic (exact) mass is 323 g/mol. The first kappa shape index (κ1) is 18.5. The molecule has 0 aromatic carbocycles. The number of aromatic nitrogens is 1. The largest absolute Gasteiger partial charge is 0.466 e. The summed E-state index contributed by atoms with van der Waals surface area (Å²) in [6, 6.07) is 0. The first-order chi connectivity index (χ1) is 10.8. The summed E-state index contributed by atoms with van der Waals surface area (Å²) in [5.74, 6) is -1.60. The van der Waals surface area contributed by atoms with Crippen molar-refractivity contribution in [3.05, 3.63) is 34.9 Å². The molecule has 0 bridgehead atoms. The van der Waals surface area contributed by atoms with E-state index in [1.165, 1.54) is 6.92 Å². The van der Waals surface area contributed by atoms with Crippen LogP contribution in [-0.4, -0.2) is 36.1 Å². The van der Waals surface area contributed by atoms with E-state index in [0.29, 0.717) is 5.56 Å². The van der Waals surface area contributed by atoms with Crippen LogP contribution in [0.3, 0.4) is 0 Å². The fraction of sp³-hybridized carbons (Fsp3) is 0.438. The third kappa shape index (κ3) is 4.70. The van der Waals surface area contributed by atoms with Crippen molar-refractivity contribution in [2.75, 3.05) is 13.2 Å². The number of rotatable bonds is 7. The number of carbonyl (C=O) groups is 3. The SMILES string of the molecule is C=C(C)OC(=O)c1[nH]c(CC(=O)OCC)c(C(=O)OCC)c1C. The van der Waals surface area contributed by atoms with Gasteiger partial charge in [-0.1, -0.05) is 6.58 Å². The Bertz CT molecular complexity index is 629. The van der Waals surface area contributed by atoms with Gasteiger partial charge >= 0.3 is 17.9 Å². The molecule has 0 unspecified atom stereocenters. The average molecular weight is 323 g/mol. The van der Waals surface area contributed by atoms with Gasteiger partial charge in [-0.2, -0.15) is 0 Å². The molecule has 1 heterocycles. The molecule has 0 saturated heterocycles. The number of hydrogen-bond acceptors (Lipinski definition) is 6. The van der Waals surface area contributed by atoms with E-state index in [-0.39, 0.29) is 42.3 Å². The highest BCUT2D eigenvalue weighted by Crippen LogP contribution is 2.22. The van der Waals surface area contributed by atoms with Gasteiger partial charge in [-0.15, -0.1) is 0 Å². The van der Waals surface area contributed by atoms with Crippen LogP contribution in [0.1, 0.15) is 52.9 Å². The van der Waals surface area contributed by atoms with Gasteiger partial charge in [0, 0.05) is 5.69 Å². The minimum absolute atomic E-state index is 0.0790. The molecule has 0 atom stereocenters. The number of aromatic amines is 1. The van der Waals surface area contributed by atoms with Crippen LogP contribution in [0.25, 0.3) is 0 Å². The molecule has 1 aromatic heterocycles. The lowest BCUT2D eigenvalue weighted by Crippen LogP contribution is -2.13. The molecular weight excluding hydrogens is 302 g/mol. The van der Waals surface area contributed by atoms with Crippen LogP contribution < -0.4 is 0 Å². The van der Waals surface area contributed by atoms with Crippen molar-refractivity contribution in [1.82, 2.24) is 4.98 Å². The zero-order valence-corrected chi connectivity index (χ0v) is 13.8. The molecule has 1 rings (SSSR count). The lowest BCUT2D eigenvalue weighted by atomic mass is 10.1. The van der Waals surface area contributed by atoms with Gasteiger partial charge in [-0.05, 0) is 33.3 Å². The quantitative estimate of drug-likeness (QED) is 0.470. The summed E-state index contributed by atoms with van der Waals surface area (Å²) in [6.07, 6.45) is -0.177. The lowest BCUT2D eigenvalue weighted by Gasteiger charge is -2.05. The topological polar surface area (TPSA) is 94.7 Å². The van der Waals surface area contributed by atoms with Crippen LogP contribution in [0.5, 0.6) is 0 Å². The van der Waals surface area contributed by atoms with Gasteiger partial charge in [-0.3, -0.25) is 4.79 Å². The van der Waals surface area contributed by atoms with Gasteiger partial charge in [0.2, 0.25) is 0 Å². The van der Waals surface area contributed by atoms with Crippen molar-refractivity contribution < 1.29 is 28.6 Å². The third-order valence-corrected chi connectivity index (χ3v) is 2.90. The summed E-state index contributed by atoms with van der Waals surface area (Å²) in [5.41, 5.74) is 0.839. The van der Waals surface area contributed by atoms with Crippen LogP contribution in [0, 0.1) is 6.92 Å². The van der Waals surface area contributed by atoms with Gasteiger partial charge < -0.3 is 19.2 Å².